The number of rotatable bonds is 8. The summed E-state index contributed by atoms with van der Waals surface area (Å²) in [4.78, 5) is 13.6. The fourth-order valence-electron chi connectivity index (χ4n) is 2.68. The molecule has 0 saturated carbocycles. The minimum atomic E-state index is -4.17. The largest absolute Gasteiger partial charge is 0.493 e. The van der Waals surface area contributed by atoms with Crippen LogP contribution in [0.4, 0.5) is 0 Å². The van der Waals surface area contributed by atoms with Crippen LogP contribution < -0.4 is 8.92 Å². The lowest BCUT2D eigenvalue weighted by atomic mass is 10.1. The van der Waals surface area contributed by atoms with Crippen molar-refractivity contribution in [2.45, 2.75) is 44.7 Å². The van der Waals surface area contributed by atoms with E-state index in [1.807, 2.05) is 13.8 Å². The first-order chi connectivity index (χ1) is 13.6. The molecule has 0 heterocycles. The van der Waals surface area contributed by atoms with Gasteiger partial charge in [0.05, 0.1) is 17.2 Å². The predicted octanol–water partition coefficient (Wildman–Crippen LogP) is 4.92. The second kappa shape index (κ2) is 9.69. The quantitative estimate of drug-likeness (QED) is 0.523. The van der Waals surface area contributed by atoms with Gasteiger partial charge in [0.1, 0.15) is 4.90 Å². The lowest BCUT2D eigenvalue weighted by Crippen LogP contribution is -2.36. The van der Waals surface area contributed by atoms with Gasteiger partial charge in [0, 0.05) is 19.5 Å². The number of nitrogens with zero attached hydrogens (tertiary/aromatic N) is 1. The summed E-state index contributed by atoms with van der Waals surface area (Å²) < 4.78 is 35.9. The summed E-state index contributed by atoms with van der Waals surface area (Å²) in [5.41, 5.74) is 0.709. The molecule has 0 radical (unpaired) electrons. The summed E-state index contributed by atoms with van der Waals surface area (Å²) in [6, 6.07) is 8.85. The zero-order valence-corrected chi connectivity index (χ0v) is 18.9. The average molecular weight is 460 g/mol. The summed E-state index contributed by atoms with van der Waals surface area (Å²) in [7, 11) is -2.76. The molecule has 0 saturated heterocycles. The average Bonchev–Trinajstić information content (AvgIpc) is 2.67. The van der Waals surface area contributed by atoms with Crippen molar-refractivity contribution in [2.24, 2.45) is 0 Å². The fraction of sp³-hybridized carbons (Fsp3) is 0.350. The molecule has 0 aliphatic heterocycles. The van der Waals surface area contributed by atoms with Crippen LogP contribution in [0.3, 0.4) is 0 Å². The number of carbonyl (C=O) groups is 1. The first-order valence-electron chi connectivity index (χ1n) is 8.92. The van der Waals surface area contributed by atoms with Crippen molar-refractivity contribution in [1.29, 1.82) is 0 Å². The van der Waals surface area contributed by atoms with E-state index < -0.39 is 10.1 Å². The second-order valence-electron chi connectivity index (χ2n) is 6.50. The molecule has 2 rings (SSSR count). The smallest absolute Gasteiger partial charge is 0.339 e. The van der Waals surface area contributed by atoms with Crippen molar-refractivity contribution in [3.63, 3.8) is 0 Å². The molecule has 0 bridgehead atoms. The molecule has 0 N–H and O–H groups in total. The van der Waals surface area contributed by atoms with E-state index in [0.717, 1.165) is 6.42 Å². The highest BCUT2D eigenvalue weighted by atomic mass is 35.5. The fourth-order valence-corrected chi connectivity index (χ4v) is 4.00. The third-order valence-corrected chi connectivity index (χ3v) is 6.46. The van der Waals surface area contributed by atoms with Gasteiger partial charge >= 0.3 is 10.1 Å². The number of carbonyl (C=O) groups excluding carboxylic acids is 1. The van der Waals surface area contributed by atoms with E-state index in [-0.39, 0.29) is 38.4 Å². The van der Waals surface area contributed by atoms with Gasteiger partial charge in [-0.25, -0.2) is 0 Å². The van der Waals surface area contributed by atoms with Crippen LogP contribution >= 0.6 is 23.2 Å². The zero-order chi connectivity index (χ0) is 21.8. The van der Waals surface area contributed by atoms with Crippen molar-refractivity contribution in [3.8, 4) is 11.5 Å². The van der Waals surface area contributed by atoms with E-state index in [1.165, 1.54) is 32.2 Å². The number of hydrogen-bond donors (Lipinski definition) is 0. The minimum absolute atomic E-state index is 0.0173. The Morgan fingerprint density at radius 3 is 2.34 bits per heavy atom. The Morgan fingerprint density at radius 1 is 1.10 bits per heavy atom. The van der Waals surface area contributed by atoms with Crippen LogP contribution in [-0.4, -0.2) is 32.4 Å². The van der Waals surface area contributed by atoms with Crippen molar-refractivity contribution in [1.82, 2.24) is 4.90 Å². The highest BCUT2D eigenvalue weighted by Crippen LogP contribution is 2.33. The van der Waals surface area contributed by atoms with Crippen LogP contribution in [0.15, 0.2) is 41.3 Å². The van der Waals surface area contributed by atoms with Gasteiger partial charge in [0.15, 0.2) is 11.5 Å². The maximum absolute atomic E-state index is 12.7. The Bertz CT molecular complexity index is 994. The molecule has 158 valence electrons. The van der Waals surface area contributed by atoms with Gasteiger partial charge < -0.3 is 13.8 Å². The van der Waals surface area contributed by atoms with Gasteiger partial charge in [-0.15, -0.1) is 0 Å². The Kier molecular flexibility index (Phi) is 7.80. The van der Waals surface area contributed by atoms with Gasteiger partial charge in [0.2, 0.25) is 5.91 Å². The molecule has 29 heavy (non-hydrogen) atoms. The van der Waals surface area contributed by atoms with Crippen LogP contribution in [0.1, 0.15) is 32.8 Å². The summed E-state index contributed by atoms with van der Waals surface area (Å²) in [6.45, 7) is 5.77. The van der Waals surface area contributed by atoms with Gasteiger partial charge in [-0.05, 0) is 49.2 Å². The van der Waals surface area contributed by atoms with E-state index in [0.29, 0.717) is 12.1 Å². The monoisotopic (exact) mass is 459 g/mol. The lowest BCUT2D eigenvalue weighted by Gasteiger charge is -2.27. The maximum Gasteiger partial charge on any atom is 0.339 e. The third-order valence-electron chi connectivity index (χ3n) is 4.49. The predicted molar refractivity (Wildman–Crippen MR) is 113 cm³/mol. The number of amides is 1. The number of methoxy groups -OCH3 is 1. The summed E-state index contributed by atoms with van der Waals surface area (Å²) in [5, 5.41) is 0.335. The highest BCUT2D eigenvalue weighted by molar-refractivity contribution is 7.87. The second-order valence-corrected chi connectivity index (χ2v) is 8.86. The minimum Gasteiger partial charge on any atom is -0.493 e. The molecule has 0 aromatic heterocycles. The molecule has 2 aromatic rings. The van der Waals surface area contributed by atoms with Crippen LogP contribution in [0.25, 0.3) is 0 Å². The van der Waals surface area contributed by atoms with Crippen LogP contribution in [0.2, 0.25) is 10.0 Å². The third kappa shape index (κ3) is 5.78. The standard InChI is InChI=1S/C20H23Cl2NO5S/c1-5-13(2)23(14(3)24)12-15-6-9-19(27-4)20(10-15)28-29(25,26)16-7-8-17(21)18(22)11-16/h6-11,13H,5,12H2,1-4H3/t13-/m0/s1. The molecule has 0 fully saturated rings. The molecule has 0 spiro atoms. The molecular formula is C20H23Cl2NO5S. The molecule has 2 aromatic carbocycles. The first-order valence-corrected chi connectivity index (χ1v) is 11.1. The van der Waals surface area contributed by atoms with Gasteiger partial charge in [0.25, 0.3) is 0 Å². The van der Waals surface area contributed by atoms with Crippen molar-refractivity contribution >= 4 is 39.2 Å². The van der Waals surface area contributed by atoms with Crippen molar-refractivity contribution in [2.75, 3.05) is 7.11 Å². The van der Waals surface area contributed by atoms with E-state index in [1.54, 1.807) is 23.1 Å². The van der Waals surface area contributed by atoms with Gasteiger partial charge in [-0.3, -0.25) is 4.79 Å². The number of ether oxygens (including phenoxy) is 1. The highest BCUT2D eigenvalue weighted by Gasteiger charge is 2.22. The first kappa shape index (κ1) is 23.3. The van der Waals surface area contributed by atoms with Crippen LogP contribution in [0, 0.1) is 0 Å². The van der Waals surface area contributed by atoms with Crippen LogP contribution in [-0.2, 0) is 21.5 Å². The van der Waals surface area contributed by atoms with E-state index >= 15 is 0 Å². The Labute approximate surface area is 181 Å². The molecule has 0 aliphatic rings. The Balaban J connectivity index is 2.37. The Morgan fingerprint density at radius 2 is 1.79 bits per heavy atom. The van der Waals surface area contributed by atoms with E-state index in [9.17, 15) is 13.2 Å². The molecule has 9 heteroatoms. The van der Waals surface area contributed by atoms with Gasteiger partial charge in [-0.2, -0.15) is 8.42 Å². The van der Waals surface area contributed by atoms with Gasteiger partial charge in [-0.1, -0.05) is 36.2 Å². The molecule has 1 amide bonds. The topological polar surface area (TPSA) is 72.9 Å². The number of hydrogen-bond acceptors (Lipinski definition) is 5. The Hall–Kier alpha value is -1.96. The van der Waals surface area contributed by atoms with E-state index in [4.69, 9.17) is 32.1 Å². The molecule has 6 nitrogen and oxygen atoms in total. The SMILES string of the molecule is CC[C@H](C)N(Cc1ccc(OC)c(OS(=O)(=O)c2ccc(Cl)c(Cl)c2)c1)C(C)=O. The maximum atomic E-state index is 12.7. The van der Waals surface area contributed by atoms with Crippen molar-refractivity contribution < 1.29 is 22.1 Å². The number of benzene rings is 2. The molecule has 1 atom stereocenters. The lowest BCUT2D eigenvalue weighted by molar-refractivity contribution is -0.131. The molecule has 0 aliphatic carbocycles. The van der Waals surface area contributed by atoms with E-state index in [2.05, 4.69) is 0 Å². The molecular weight excluding hydrogens is 437 g/mol. The summed E-state index contributed by atoms with van der Waals surface area (Å²) in [6.07, 6.45) is 0.796. The summed E-state index contributed by atoms with van der Waals surface area (Å²) in [5.74, 6) is 0.195. The van der Waals surface area contributed by atoms with Crippen molar-refractivity contribution in [3.05, 3.63) is 52.0 Å². The normalized spacial score (nSPS) is 12.3. The zero-order valence-electron chi connectivity index (χ0n) is 16.6. The van der Waals surface area contributed by atoms with Crippen LogP contribution in [0.5, 0.6) is 11.5 Å². The summed E-state index contributed by atoms with van der Waals surface area (Å²) >= 11 is 11.8. The number of halogens is 2. The molecule has 0 unspecified atom stereocenters.